The van der Waals surface area contributed by atoms with E-state index in [1.807, 2.05) is 16.7 Å². The first-order valence-corrected chi connectivity index (χ1v) is 7.09. The zero-order chi connectivity index (χ0) is 13.1. The molecule has 1 saturated heterocycles. The van der Waals surface area contributed by atoms with Crippen LogP contribution in [0, 0.1) is 0 Å². The number of amides is 1. The topological polar surface area (TPSA) is 60.8 Å². The molecule has 1 aromatic carbocycles. The third-order valence-electron chi connectivity index (χ3n) is 3.10. The fourth-order valence-corrected chi connectivity index (χ4v) is 3.17. The SMILES string of the molecule is CCC1CN(C(=O)c2ccc(O)c(O)c2)CCS1. The molecule has 18 heavy (non-hydrogen) atoms. The Balaban J connectivity index is 2.12. The van der Waals surface area contributed by atoms with Crippen molar-refractivity contribution in [2.75, 3.05) is 18.8 Å². The predicted molar refractivity (Wildman–Crippen MR) is 72.2 cm³/mol. The molecule has 1 atom stereocenters. The third kappa shape index (κ3) is 2.72. The molecular formula is C13H17NO3S. The van der Waals surface area contributed by atoms with Crippen LogP contribution in [0.2, 0.25) is 0 Å². The first-order chi connectivity index (χ1) is 8.61. The zero-order valence-electron chi connectivity index (χ0n) is 10.3. The monoisotopic (exact) mass is 267 g/mol. The zero-order valence-corrected chi connectivity index (χ0v) is 11.1. The summed E-state index contributed by atoms with van der Waals surface area (Å²) in [7, 11) is 0. The molecule has 0 aromatic heterocycles. The van der Waals surface area contributed by atoms with E-state index in [0.717, 1.165) is 25.3 Å². The summed E-state index contributed by atoms with van der Waals surface area (Å²) in [6, 6.07) is 4.21. The third-order valence-corrected chi connectivity index (χ3v) is 4.48. The van der Waals surface area contributed by atoms with Crippen molar-refractivity contribution in [1.82, 2.24) is 4.90 Å². The van der Waals surface area contributed by atoms with E-state index in [2.05, 4.69) is 6.92 Å². The van der Waals surface area contributed by atoms with Crippen LogP contribution in [0.4, 0.5) is 0 Å². The minimum absolute atomic E-state index is 0.0796. The van der Waals surface area contributed by atoms with Gasteiger partial charge in [-0.1, -0.05) is 6.92 Å². The highest BCUT2D eigenvalue weighted by atomic mass is 32.2. The lowest BCUT2D eigenvalue weighted by Crippen LogP contribution is -2.41. The van der Waals surface area contributed by atoms with E-state index in [0.29, 0.717) is 10.8 Å². The normalized spacial score (nSPS) is 19.8. The number of phenols is 2. The minimum Gasteiger partial charge on any atom is -0.504 e. The van der Waals surface area contributed by atoms with Crippen molar-refractivity contribution in [2.45, 2.75) is 18.6 Å². The lowest BCUT2D eigenvalue weighted by molar-refractivity contribution is 0.0760. The Kier molecular flexibility index (Phi) is 4.01. The second-order valence-electron chi connectivity index (χ2n) is 4.36. The Bertz CT molecular complexity index is 450. The Labute approximate surface area is 111 Å². The van der Waals surface area contributed by atoms with Gasteiger partial charge >= 0.3 is 0 Å². The van der Waals surface area contributed by atoms with Crippen molar-refractivity contribution in [3.8, 4) is 11.5 Å². The van der Waals surface area contributed by atoms with Crippen molar-refractivity contribution in [3.05, 3.63) is 23.8 Å². The molecule has 0 bridgehead atoms. The number of thioether (sulfide) groups is 1. The van der Waals surface area contributed by atoms with Crippen molar-refractivity contribution in [2.24, 2.45) is 0 Å². The van der Waals surface area contributed by atoms with Crippen LogP contribution >= 0.6 is 11.8 Å². The van der Waals surface area contributed by atoms with Gasteiger partial charge in [0.05, 0.1) is 0 Å². The van der Waals surface area contributed by atoms with Gasteiger partial charge in [-0.3, -0.25) is 4.79 Å². The van der Waals surface area contributed by atoms with Crippen LogP contribution in [0.25, 0.3) is 0 Å². The Morgan fingerprint density at radius 2 is 2.22 bits per heavy atom. The number of carbonyl (C=O) groups is 1. The van der Waals surface area contributed by atoms with Crippen molar-refractivity contribution in [1.29, 1.82) is 0 Å². The molecule has 1 aromatic rings. The van der Waals surface area contributed by atoms with Gasteiger partial charge in [0.2, 0.25) is 0 Å². The van der Waals surface area contributed by atoms with E-state index in [1.165, 1.54) is 12.1 Å². The van der Waals surface area contributed by atoms with Crippen molar-refractivity contribution in [3.63, 3.8) is 0 Å². The maximum atomic E-state index is 12.2. The molecule has 5 heteroatoms. The van der Waals surface area contributed by atoms with Gasteiger partial charge in [-0.2, -0.15) is 11.8 Å². The summed E-state index contributed by atoms with van der Waals surface area (Å²) in [5.74, 6) is 0.421. The molecule has 0 radical (unpaired) electrons. The lowest BCUT2D eigenvalue weighted by Gasteiger charge is -2.32. The number of aromatic hydroxyl groups is 2. The van der Waals surface area contributed by atoms with Gasteiger partial charge in [-0.15, -0.1) is 0 Å². The van der Waals surface area contributed by atoms with Crippen molar-refractivity contribution >= 4 is 17.7 Å². The summed E-state index contributed by atoms with van der Waals surface area (Å²) >= 11 is 1.90. The molecule has 4 nitrogen and oxygen atoms in total. The van der Waals surface area contributed by atoms with E-state index in [1.54, 1.807) is 6.07 Å². The van der Waals surface area contributed by atoms with Gasteiger partial charge in [0, 0.05) is 29.7 Å². The number of carbonyl (C=O) groups excluding carboxylic acids is 1. The van der Waals surface area contributed by atoms with E-state index in [4.69, 9.17) is 0 Å². The first kappa shape index (κ1) is 13.1. The van der Waals surface area contributed by atoms with Crippen LogP contribution in [0.15, 0.2) is 18.2 Å². The Hall–Kier alpha value is -1.36. The summed E-state index contributed by atoms with van der Waals surface area (Å²) in [6.07, 6.45) is 1.05. The molecule has 1 fully saturated rings. The first-order valence-electron chi connectivity index (χ1n) is 6.04. The molecule has 1 unspecified atom stereocenters. The molecule has 0 saturated carbocycles. The van der Waals surface area contributed by atoms with Gasteiger partial charge in [0.25, 0.3) is 5.91 Å². The maximum absolute atomic E-state index is 12.2. The predicted octanol–water partition coefficient (Wildman–Crippen LogP) is 2.07. The average molecular weight is 267 g/mol. The van der Waals surface area contributed by atoms with E-state index < -0.39 is 0 Å². The fraction of sp³-hybridized carbons (Fsp3) is 0.462. The largest absolute Gasteiger partial charge is 0.504 e. The highest BCUT2D eigenvalue weighted by Crippen LogP contribution is 2.27. The summed E-state index contributed by atoms with van der Waals surface area (Å²) in [6.45, 7) is 3.61. The van der Waals surface area contributed by atoms with Crippen LogP contribution in [-0.2, 0) is 0 Å². The molecule has 1 aliphatic heterocycles. The molecule has 0 aliphatic carbocycles. The van der Waals surface area contributed by atoms with Gasteiger partial charge in [-0.25, -0.2) is 0 Å². The number of phenolic OH excluding ortho intramolecular Hbond substituents is 2. The summed E-state index contributed by atoms with van der Waals surface area (Å²) in [5.41, 5.74) is 0.423. The number of rotatable bonds is 2. The molecule has 1 heterocycles. The van der Waals surface area contributed by atoms with E-state index in [9.17, 15) is 15.0 Å². The summed E-state index contributed by atoms with van der Waals surface area (Å²) in [4.78, 5) is 14.1. The second-order valence-corrected chi connectivity index (χ2v) is 5.76. The maximum Gasteiger partial charge on any atom is 0.254 e. The highest BCUT2D eigenvalue weighted by Gasteiger charge is 2.24. The molecule has 98 valence electrons. The number of benzene rings is 1. The van der Waals surface area contributed by atoms with Gasteiger partial charge in [-0.05, 0) is 24.6 Å². The lowest BCUT2D eigenvalue weighted by atomic mass is 10.1. The minimum atomic E-state index is -0.251. The van der Waals surface area contributed by atoms with Crippen LogP contribution in [0.1, 0.15) is 23.7 Å². The standard InChI is InChI=1S/C13H17NO3S/c1-2-10-8-14(5-6-18-10)13(17)9-3-4-11(15)12(16)7-9/h3-4,7,10,15-16H,2,5-6,8H2,1H3. The highest BCUT2D eigenvalue weighted by molar-refractivity contribution is 8.00. The molecule has 2 N–H and O–H groups in total. The number of nitrogens with zero attached hydrogens (tertiary/aromatic N) is 1. The summed E-state index contributed by atoms with van der Waals surface area (Å²) in [5, 5.41) is 19.2. The van der Waals surface area contributed by atoms with Crippen LogP contribution in [-0.4, -0.2) is 45.1 Å². The van der Waals surface area contributed by atoms with Crippen LogP contribution in [0.5, 0.6) is 11.5 Å². The number of hydrogen-bond acceptors (Lipinski definition) is 4. The molecule has 1 aliphatic rings. The quantitative estimate of drug-likeness (QED) is 0.805. The second kappa shape index (κ2) is 5.52. The van der Waals surface area contributed by atoms with Gasteiger partial charge in [0.15, 0.2) is 11.5 Å². The van der Waals surface area contributed by atoms with Crippen LogP contribution < -0.4 is 0 Å². The molecular weight excluding hydrogens is 250 g/mol. The molecule has 2 rings (SSSR count). The Morgan fingerprint density at radius 3 is 2.89 bits per heavy atom. The molecule has 0 spiro atoms. The smallest absolute Gasteiger partial charge is 0.254 e. The van der Waals surface area contributed by atoms with Gasteiger partial charge in [0.1, 0.15) is 0 Å². The fourth-order valence-electron chi connectivity index (χ4n) is 1.99. The van der Waals surface area contributed by atoms with Gasteiger partial charge < -0.3 is 15.1 Å². The average Bonchev–Trinajstić information content (AvgIpc) is 2.41. The number of hydrogen-bond donors (Lipinski definition) is 2. The van der Waals surface area contributed by atoms with E-state index in [-0.39, 0.29) is 17.4 Å². The van der Waals surface area contributed by atoms with Crippen LogP contribution in [0.3, 0.4) is 0 Å². The summed E-state index contributed by atoms with van der Waals surface area (Å²) < 4.78 is 0. The van der Waals surface area contributed by atoms with Crippen molar-refractivity contribution < 1.29 is 15.0 Å². The molecule has 1 amide bonds. The Morgan fingerprint density at radius 1 is 1.44 bits per heavy atom. The van der Waals surface area contributed by atoms with E-state index >= 15 is 0 Å².